The molecule has 1 aromatic heterocycles. The molecule has 0 atom stereocenters. The van der Waals surface area contributed by atoms with E-state index >= 15 is 0 Å². The second-order valence-electron chi connectivity index (χ2n) is 5.26. The molecular formula is C18H15N. The molecule has 0 fully saturated rings. The lowest BCUT2D eigenvalue weighted by atomic mass is 10.0. The van der Waals surface area contributed by atoms with E-state index in [0.717, 1.165) is 0 Å². The Hall–Kier alpha value is -2.28. The van der Waals surface area contributed by atoms with Crippen molar-refractivity contribution < 1.29 is 0 Å². The highest BCUT2D eigenvalue weighted by molar-refractivity contribution is 6.20. The predicted molar refractivity (Wildman–Crippen MR) is 82.7 cm³/mol. The Balaban J connectivity index is 2.39. The summed E-state index contributed by atoms with van der Waals surface area (Å²) in [5.41, 5.74) is 3.92. The molecule has 0 saturated heterocycles. The third-order valence-electron chi connectivity index (χ3n) is 4.05. The summed E-state index contributed by atoms with van der Waals surface area (Å²) in [7, 11) is 2.15. The first-order valence-electron chi connectivity index (χ1n) is 6.62. The number of rotatable bonds is 0. The third kappa shape index (κ3) is 1.36. The summed E-state index contributed by atoms with van der Waals surface area (Å²) in [6.45, 7) is 2.16. The van der Waals surface area contributed by atoms with Gasteiger partial charge in [0, 0.05) is 28.9 Å². The van der Waals surface area contributed by atoms with Crippen LogP contribution in [0.2, 0.25) is 0 Å². The zero-order valence-corrected chi connectivity index (χ0v) is 11.1. The minimum Gasteiger partial charge on any atom is -0.344 e. The molecule has 0 unspecified atom stereocenters. The van der Waals surface area contributed by atoms with Crippen molar-refractivity contribution in [3.63, 3.8) is 0 Å². The molecule has 19 heavy (non-hydrogen) atoms. The molecule has 0 spiro atoms. The summed E-state index contributed by atoms with van der Waals surface area (Å²) in [5.74, 6) is 0. The molecule has 4 aromatic rings. The van der Waals surface area contributed by atoms with Crippen LogP contribution in [0, 0.1) is 6.92 Å². The van der Waals surface area contributed by atoms with Crippen molar-refractivity contribution in [3.8, 4) is 0 Å². The Bertz CT molecular complexity index is 929. The summed E-state index contributed by atoms with van der Waals surface area (Å²) >= 11 is 0. The van der Waals surface area contributed by atoms with Gasteiger partial charge in [0.25, 0.3) is 0 Å². The SMILES string of the molecule is Cc1ccc2c(c1)c1c3ccccc3ccc1n2C. The molecule has 0 saturated carbocycles. The van der Waals surface area contributed by atoms with E-state index in [-0.39, 0.29) is 0 Å². The lowest BCUT2D eigenvalue weighted by Crippen LogP contribution is -1.86. The molecule has 1 nitrogen and oxygen atoms in total. The molecular weight excluding hydrogens is 230 g/mol. The maximum absolute atomic E-state index is 2.30. The Kier molecular flexibility index (Phi) is 2.02. The summed E-state index contributed by atoms with van der Waals surface area (Å²) in [5, 5.41) is 5.38. The Morgan fingerprint density at radius 2 is 1.58 bits per heavy atom. The zero-order chi connectivity index (χ0) is 13.0. The molecule has 0 amide bonds. The number of aryl methyl sites for hydroxylation is 2. The minimum atomic E-state index is 1.30. The topological polar surface area (TPSA) is 4.93 Å². The summed E-state index contributed by atoms with van der Waals surface area (Å²) in [6, 6.07) is 19.8. The van der Waals surface area contributed by atoms with E-state index in [9.17, 15) is 0 Å². The molecule has 0 aliphatic rings. The number of aromatic nitrogens is 1. The second-order valence-corrected chi connectivity index (χ2v) is 5.26. The van der Waals surface area contributed by atoms with Gasteiger partial charge in [0.1, 0.15) is 0 Å². The monoisotopic (exact) mass is 245 g/mol. The van der Waals surface area contributed by atoms with Gasteiger partial charge in [0.05, 0.1) is 0 Å². The van der Waals surface area contributed by atoms with Crippen LogP contribution in [0.25, 0.3) is 32.6 Å². The molecule has 92 valence electrons. The molecule has 0 N–H and O–H groups in total. The van der Waals surface area contributed by atoms with Gasteiger partial charge in [-0.05, 0) is 35.9 Å². The van der Waals surface area contributed by atoms with Gasteiger partial charge < -0.3 is 4.57 Å². The predicted octanol–water partition coefficient (Wildman–Crippen LogP) is 4.79. The molecule has 1 heteroatoms. The maximum atomic E-state index is 2.30. The van der Waals surface area contributed by atoms with Crippen LogP contribution < -0.4 is 0 Å². The van der Waals surface area contributed by atoms with Gasteiger partial charge in [0.15, 0.2) is 0 Å². The first kappa shape index (κ1) is 10.6. The van der Waals surface area contributed by atoms with Gasteiger partial charge in [-0.15, -0.1) is 0 Å². The van der Waals surface area contributed by atoms with Crippen LogP contribution in [0.5, 0.6) is 0 Å². The van der Waals surface area contributed by atoms with Crippen LogP contribution in [-0.4, -0.2) is 4.57 Å². The molecule has 0 radical (unpaired) electrons. The van der Waals surface area contributed by atoms with E-state index in [1.165, 1.54) is 38.1 Å². The fourth-order valence-corrected chi connectivity index (χ4v) is 3.09. The Morgan fingerprint density at radius 1 is 0.789 bits per heavy atom. The first-order valence-corrected chi connectivity index (χ1v) is 6.62. The van der Waals surface area contributed by atoms with Crippen LogP contribution in [0.3, 0.4) is 0 Å². The van der Waals surface area contributed by atoms with Crippen LogP contribution in [0.1, 0.15) is 5.56 Å². The van der Waals surface area contributed by atoms with Gasteiger partial charge in [-0.3, -0.25) is 0 Å². The fourth-order valence-electron chi connectivity index (χ4n) is 3.09. The number of hydrogen-bond acceptors (Lipinski definition) is 0. The van der Waals surface area contributed by atoms with E-state index < -0.39 is 0 Å². The van der Waals surface area contributed by atoms with Crippen molar-refractivity contribution in [2.75, 3.05) is 0 Å². The lowest BCUT2D eigenvalue weighted by Gasteiger charge is -2.01. The second kappa shape index (κ2) is 3.61. The van der Waals surface area contributed by atoms with Crippen molar-refractivity contribution in [2.45, 2.75) is 6.92 Å². The summed E-state index contributed by atoms with van der Waals surface area (Å²) in [6.07, 6.45) is 0. The van der Waals surface area contributed by atoms with E-state index in [2.05, 4.69) is 73.1 Å². The quantitative estimate of drug-likeness (QED) is 0.419. The van der Waals surface area contributed by atoms with Gasteiger partial charge in [0.2, 0.25) is 0 Å². The van der Waals surface area contributed by atoms with Crippen LogP contribution in [0.15, 0.2) is 54.6 Å². The van der Waals surface area contributed by atoms with Gasteiger partial charge in [-0.25, -0.2) is 0 Å². The fraction of sp³-hybridized carbons (Fsp3) is 0.111. The van der Waals surface area contributed by atoms with Crippen molar-refractivity contribution in [3.05, 3.63) is 60.2 Å². The molecule has 0 bridgehead atoms. The maximum Gasteiger partial charge on any atom is 0.0495 e. The average Bonchev–Trinajstić information content (AvgIpc) is 2.72. The van der Waals surface area contributed by atoms with Gasteiger partial charge in [-0.2, -0.15) is 0 Å². The highest BCUT2D eigenvalue weighted by Gasteiger charge is 2.10. The third-order valence-corrected chi connectivity index (χ3v) is 4.05. The van der Waals surface area contributed by atoms with Gasteiger partial charge in [-0.1, -0.05) is 42.0 Å². The number of nitrogens with zero attached hydrogens (tertiary/aromatic N) is 1. The zero-order valence-electron chi connectivity index (χ0n) is 11.1. The van der Waals surface area contributed by atoms with Crippen molar-refractivity contribution in [1.82, 2.24) is 4.57 Å². The molecule has 0 aliphatic heterocycles. The van der Waals surface area contributed by atoms with E-state index in [1.807, 2.05) is 0 Å². The van der Waals surface area contributed by atoms with Gasteiger partial charge >= 0.3 is 0 Å². The first-order chi connectivity index (χ1) is 9.25. The largest absolute Gasteiger partial charge is 0.344 e. The standard InChI is InChI=1S/C18H15N/c1-12-7-9-16-15(11-12)18-14-6-4-3-5-13(14)8-10-17(18)19(16)2/h3-11H,1-2H3. The number of hydrogen-bond donors (Lipinski definition) is 0. The smallest absolute Gasteiger partial charge is 0.0495 e. The number of fused-ring (bicyclic) bond motifs is 5. The van der Waals surface area contributed by atoms with Crippen molar-refractivity contribution in [1.29, 1.82) is 0 Å². The molecule has 4 rings (SSSR count). The van der Waals surface area contributed by atoms with E-state index in [0.29, 0.717) is 0 Å². The average molecular weight is 245 g/mol. The molecule has 1 heterocycles. The Morgan fingerprint density at radius 3 is 2.47 bits per heavy atom. The molecule has 0 aliphatic carbocycles. The minimum absolute atomic E-state index is 1.30. The molecule has 3 aromatic carbocycles. The van der Waals surface area contributed by atoms with Crippen molar-refractivity contribution in [2.24, 2.45) is 7.05 Å². The lowest BCUT2D eigenvalue weighted by molar-refractivity contribution is 1.01. The Labute approximate surface area is 112 Å². The normalized spacial score (nSPS) is 11.7. The van der Waals surface area contributed by atoms with E-state index in [1.54, 1.807) is 0 Å². The summed E-state index contributed by atoms with van der Waals surface area (Å²) < 4.78 is 2.29. The highest BCUT2D eigenvalue weighted by Crippen LogP contribution is 2.34. The highest BCUT2D eigenvalue weighted by atomic mass is 14.9. The van der Waals surface area contributed by atoms with Crippen LogP contribution in [-0.2, 0) is 7.05 Å². The van der Waals surface area contributed by atoms with E-state index in [4.69, 9.17) is 0 Å². The van der Waals surface area contributed by atoms with Crippen LogP contribution >= 0.6 is 0 Å². The van der Waals surface area contributed by atoms with Crippen LogP contribution in [0.4, 0.5) is 0 Å². The summed E-state index contributed by atoms with van der Waals surface area (Å²) in [4.78, 5) is 0. The van der Waals surface area contributed by atoms with Crippen molar-refractivity contribution >= 4 is 32.6 Å². The number of benzene rings is 3.